The van der Waals surface area contributed by atoms with E-state index in [9.17, 15) is 28.8 Å². The fraction of sp³-hybridized carbons (Fsp3) is 0.625. The number of amides is 4. The Kier molecular flexibility index (Phi) is 17.2. The lowest BCUT2D eigenvalue weighted by Crippen LogP contribution is -2.58. The number of rotatable bonds is 12. The number of aryl methyl sites for hydroxylation is 1. The number of nitrogens with two attached hydrogens (primary N) is 1. The molecule has 4 saturated heterocycles. The summed E-state index contributed by atoms with van der Waals surface area (Å²) < 4.78 is 24.4. The Morgan fingerprint density at radius 3 is 1.80 bits per heavy atom. The van der Waals surface area contributed by atoms with Crippen LogP contribution in [0.4, 0.5) is 0 Å². The van der Waals surface area contributed by atoms with Crippen LogP contribution in [-0.2, 0) is 60.6 Å². The molecule has 6 N–H and O–H groups in total. The van der Waals surface area contributed by atoms with Crippen LogP contribution in [0.15, 0.2) is 60.7 Å². The summed E-state index contributed by atoms with van der Waals surface area (Å²) in [5.74, 6) is -3.15. The standard InChI is InChI=1S/C48H68N8O10/c1-30(50-2)45(59)52-36-28-65-42(57)16-17-43(58)66-29-37(53-46(60)44(49)51-3)48(62)56-27-41(35-24-54(25-39(35)56)19-18-32-12-8-5-9-13-32)64-21-20-63-40-26-55(47(36)61)38-23-33(22-34(38)40)15-14-31-10-6-4-7-11-31/h4-13,30,33-41,44,50-51H,14-29,49H2,1-3H3,(H,52,59)(H,53,60)/t30-,33?,34-,35-,36-,37-,38+,39+,40+,41+,44+/m0/s1. The summed E-state index contributed by atoms with van der Waals surface area (Å²) >= 11 is 0. The molecule has 18 heteroatoms. The Labute approximate surface area is 387 Å². The molecule has 4 heterocycles. The zero-order valence-corrected chi connectivity index (χ0v) is 38.4. The molecule has 4 amide bonds. The van der Waals surface area contributed by atoms with Gasteiger partial charge < -0.3 is 55.3 Å². The van der Waals surface area contributed by atoms with Gasteiger partial charge in [-0.25, -0.2) is 0 Å². The van der Waals surface area contributed by atoms with Gasteiger partial charge in [0.05, 0.1) is 50.3 Å². The Bertz CT molecular complexity index is 1840. The SMILES string of the molecule is CN[C@@H](C)C(=O)N[C@H]1COC(=O)CCC(=O)OC[C@H](NC(=O)[C@H](N)NC)C(=O)N2C[C@@H](OCCO[C@@H]3CN(C1=O)[C@@H]1CC(CCc4ccccc4)C[C@@H]13)[C@H]1CN(CCc3ccccc3)C[C@H]12. The van der Waals surface area contributed by atoms with Gasteiger partial charge in [-0.3, -0.25) is 34.1 Å². The van der Waals surface area contributed by atoms with E-state index < -0.39 is 80.0 Å². The molecule has 7 rings (SSSR count). The molecule has 1 aliphatic carbocycles. The number of hydrogen-bond acceptors (Lipinski definition) is 14. The first-order chi connectivity index (χ1) is 31.9. The molecule has 0 spiro atoms. The Morgan fingerprint density at radius 1 is 0.682 bits per heavy atom. The Hall–Kier alpha value is -4.98. The minimum atomic E-state index is -1.27. The molecule has 5 fully saturated rings. The van der Waals surface area contributed by atoms with Crippen molar-refractivity contribution in [1.82, 2.24) is 36.0 Å². The first-order valence-corrected chi connectivity index (χ1v) is 23.6. The largest absolute Gasteiger partial charge is 0.463 e. The maximum Gasteiger partial charge on any atom is 0.306 e. The maximum absolute atomic E-state index is 14.6. The van der Waals surface area contributed by atoms with Crippen LogP contribution in [0.2, 0.25) is 0 Å². The molecule has 11 atom stereocenters. The van der Waals surface area contributed by atoms with Crippen LogP contribution < -0.4 is 27.0 Å². The minimum absolute atomic E-state index is 0.0395. The van der Waals surface area contributed by atoms with E-state index in [1.54, 1.807) is 23.8 Å². The third-order valence-electron chi connectivity index (χ3n) is 14.2. The number of ether oxygens (including phenoxy) is 4. The van der Waals surface area contributed by atoms with Crippen molar-refractivity contribution in [1.29, 1.82) is 0 Å². The lowest BCUT2D eigenvalue weighted by Gasteiger charge is -2.30. The van der Waals surface area contributed by atoms with Gasteiger partial charge in [-0.2, -0.15) is 0 Å². The minimum Gasteiger partial charge on any atom is -0.463 e. The normalized spacial score (nSPS) is 30.0. The van der Waals surface area contributed by atoms with E-state index >= 15 is 0 Å². The van der Waals surface area contributed by atoms with Gasteiger partial charge in [0.2, 0.25) is 17.7 Å². The van der Waals surface area contributed by atoms with Crippen LogP contribution in [0.1, 0.15) is 50.2 Å². The van der Waals surface area contributed by atoms with Crippen molar-refractivity contribution in [3.63, 3.8) is 0 Å². The number of nitrogens with zero attached hydrogens (tertiary/aromatic N) is 3. The number of nitrogens with one attached hydrogen (secondary N) is 4. The van der Waals surface area contributed by atoms with Crippen LogP contribution in [0.25, 0.3) is 0 Å². The number of fused-ring (bicyclic) bond motifs is 10. The van der Waals surface area contributed by atoms with E-state index in [4.69, 9.17) is 24.7 Å². The van der Waals surface area contributed by atoms with E-state index in [0.717, 1.165) is 38.6 Å². The van der Waals surface area contributed by atoms with E-state index in [2.05, 4.69) is 50.4 Å². The van der Waals surface area contributed by atoms with Crippen molar-refractivity contribution in [2.75, 3.05) is 73.2 Å². The first kappa shape index (κ1) is 48.9. The van der Waals surface area contributed by atoms with E-state index in [1.807, 2.05) is 36.4 Å². The van der Waals surface area contributed by atoms with Gasteiger partial charge in [0.15, 0.2) is 0 Å². The predicted molar refractivity (Wildman–Crippen MR) is 242 cm³/mol. The van der Waals surface area contributed by atoms with E-state index in [0.29, 0.717) is 25.6 Å². The van der Waals surface area contributed by atoms with Gasteiger partial charge in [0.1, 0.15) is 31.5 Å². The molecule has 0 radical (unpaired) electrons. The molecule has 0 aromatic heterocycles. The van der Waals surface area contributed by atoms with Crippen molar-refractivity contribution in [2.24, 2.45) is 23.5 Å². The fourth-order valence-corrected chi connectivity index (χ4v) is 10.3. The molecule has 5 aliphatic rings. The number of benzene rings is 2. The lowest BCUT2D eigenvalue weighted by molar-refractivity contribution is -0.154. The number of carbonyl (C=O) groups excluding carboxylic acids is 6. The number of esters is 2. The van der Waals surface area contributed by atoms with Crippen LogP contribution in [0, 0.1) is 17.8 Å². The molecule has 1 saturated carbocycles. The van der Waals surface area contributed by atoms with Gasteiger partial charge in [-0.15, -0.1) is 0 Å². The average molecular weight is 917 g/mol. The quantitative estimate of drug-likeness (QED) is 0.140. The van der Waals surface area contributed by atoms with Gasteiger partial charge in [0, 0.05) is 50.6 Å². The molecule has 18 nitrogen and oxygen atoms in total. The summed E-state index contributed by atoms with van der Waals surface area (Å²) in [6.45, 7) is 3.81. The zero-order valence-electron chi connectivity index (χ0n) is 38.4. The highest BCUT2D eigenvalue weighted by Crippen LogP contribution is 2.44. The van der Waals surface area contributed by atoms with Gasteiger partial charge in [-0.1, -0.05) is 60.7 Å². The molecule has 66 heavy (non-hydrogen) atoms. The van der Waals surface area contributed by atoms with E-state index in [1.165, 1.54) is 18.2 Å². The summed E-state index contributed by atoms with van der Waals surface area (Å²) in [5, 5.41) is 11.0. The lowest BCUT2D eigenvalue weighted by atomic mass is 9.95. The number of carbonyl (C=O) groups is 6. The fourth-order valence-electron chi connectivity index (χ4n) is 10.3. The van der Waals surface area contributed by atoms with Crippen LogP contribution in [0.5, 0.6) is 0 Å². The zero-order chi connectivity index (χ0) is 46.7. The van der Waals surface area contributed by atoms with Crippen LogP contribution in [-0.4, -0.2) is 172 Å². The highest BCUT2D eigenvalue weighted by Gasteiger charge is 2.53. The molecule has 4 aliphatic heterocycles. The average Bonchev–Trinajstić information content (AvgIpc) is 4.11. The smallest absolute Gasteiger partial charge is 0.306 e. The molecule has 360 valence electrons. The monoisotopic (exact) mass is 917 g/mol. The Morgan fingerprint density at radius 2 is 1.23 bits per heavy atom. The van der Waals surface area contributed by atoms with Gasteiger partial charge in [-0.05, 0) is 70.2 Å². The van der Waals surface area contributed by atoms with Crippen LogP contribution >= 0.6 is 0 Å². The molecule has 4 bridgehead atoms. The predicted octanol–water partition coefficient (Wildman–Crippen LogP) is -0.0262. The third kappa shape index (κ3) is 12.3. The van der Waals surface area contributed by atoms with Crippen molar-refractivity contribution in [2.45, 2.75) is 100 Å². The van der Waals surface area contributed by atoms with Gasteiger partial charge >= 0.3 is 11.9 Å². The summed E-state index contributed by atoms with van der Waals surface area (Å²) in [6.07, 6.45) is 1.75. The molecular weight excluding hydrogens is 849 g/mol. The second-order valence-electron chi connectivity index (χ2n) is 18.4. The van der Waals surface area contributed by atoms with E-state index in [-0.39, 0.29) is 61.8 Å². The first-order valence-electron chi connectivity index (χ1n) is 23.6. The number of hydrogen-bond donors (Lipinski definition) is 5. The summed E-state index contributed by atoms with van der Waals surface area (Å²) in [5.41, 5.74) is 8.42. The number of likely N-dealkylation sites (N-methyl/N-ethyl adjacent to an activating group) is 2. The molecule has 1 unspecified atom stereocenters. The molecule has 2 aromatic rings. The second kappa shape index (κ2) is 23.2. The number of cyclic esters (lactones) is 2. The highest BCUT2D eigenvalue weighted by molar-refractivity contribution is 5.91. The second-order valence-corrected chi connectivity index (χ2v) is 18.4. The summed E-state index contributed by atoms with van der Waals surface area (Å²) in [7, 11) is 3.14. The van der Waals surface area contributed by atoms with Crippen molar-refractivity contribution in [3.8, 4) is 0 Å². The van der Waals surface area contributed by atoms with Gasteiger partial charge in [0.25, 0.3) is 5.91 Å². The van der Waals surface area contributed by atoms with Crippen molar-refractivity contribution >= 4 is 35.6 Å². The van der Waals surface area contributed by atoms with Crippen molar-refractivity contribution < 1.29 is 47.7 Å². The molecular formula is C48H68N8O10. The Balaban J connectivity index is 1.12. The maximum atomic E-state index is 14.6. The summed E-state index contributed by atoms with van der Waals surface area (Å²) in [4.78, 5) is 87.6. The van der Waals surface area contributed by atoms with Crippen LogP contribution in [0.3, 0.4) is 0 Å². The molecule has 2 aromatic carbocycles. The third-order valence-corrected chi connectivity index (χ3v) is 14.2. The van der Waals surface area contributed by atoms with Crippen molar-refractivity contribution in [3.05, 3.63) is 71.8 Å². The number of likely N-dealkylation sites (tertiary alicyclic amines) is 1. The summed E-state index contributed by atoms with van der Waals surface area (Å²) in [6, 6.07) is 17.1. The topological polar surface area (TPSA) is 223 Å². The highest BCUT2D eigenvalue weighted by atomic mass is 16.5.